The molecule has 0 aromatic heterocycles. The monoisotopic (exact) mass is 228 g/mol. The number of hydrogen-bond donors (Lipinski definition) is 2. The highest BCUT2D eigenvalue weighted by molar-refractivity contribution is 5.81. The highest BCUT2D eigenvalue weighted by atomic mass is 16.5. The fourth-order valence-corrected chi connectivity index (χ4v) is 1.99. The van der Waals surface area contributed by atoms with Crippen LogP contribution >= 0.6 is 0 Å². The Labute approximate surface area is 97.9 Å². The Morgan fingerprint density at radius 2 is 2.12 bits per heavy atom. The van der Waals surface area contributed by atoms with Gasteiger partial charge in [0.05, 0.1) is 6.04 Å². The van der Waals surface area contributed by atoms with Crippen LogP contribution in [0.2, 0.25) is 0 Å². The largest absolute Gasteiger partial charge is 0.381 e. The summed E-state index contributed by atoms with van der Waals surface area (Å²) >= 11 is 0. The summed E-state index contributed by atoms with van der Waals surface area (Å²) in [6, 6.07) is -0.356. The van der Waals surface area contributed by atoms with Crippen molar-refractivity contribution in [2.24, 2.45) is 11.7 Å². The molecular formula is C12H24N2O2. The number of carbonyl (C=O) groups is 1. The van der Waals surface area contributed by atoms with Crippen LogP contribution < -0.4 is 11.1 Å². The molecule has 0 bridgehead atoms. The molecule has 1 fully saturated rings. The number of amides is 1. The van der Waals surface area contributed by atoms with Crippen LogP contribution in [0.1, 0.15) is 39.0 Å². The Hall–Kier alpha value is -0.610. The van der Waals surface area contributed by atoms with Crippen LogP contribution in [0.3, 0.4) is 0 Å². The first kappa shape index (κ1) is 13.5. The molecule has 1 saturated heterocycles. The molecule has 4 heteroatoms. The molecule has 16 heavy (non-hydrogen) atoms. The highest BCUT2D eigenvalue weighted by Gasteiger charge is 2.25. The van der Waals surface area contributed by atoms with E-state index in [0.29, 0.717) is 5.92 Å². The third kappa shape index (κ3) is 4.49. The molecule has 0 aromatic carbocycles. The normalized spacial score (nSPS) is 19.4. The fraction of sp³-hybridized carbons (Fsp3) is 0.917. The molecule has 0 aliphatic carbocycles. The van der Waals surface area contributed by atoms with Crippen molar-refractivity contribution in [1.29, 1.82) is 0 Å². The van der Waals surface area contributed by atoms with Gasteiger partial charge in [-0.2, -0.15) is 0 Å². The van der Waals surface area contributed by atoms with Gasteiger partial charge in [0.2, 0.25) is 5.91 Å². The van der Waals surface area contributed by atoms with Gasteiger partial charge < -0.3 is 15.8 Å². The minimum Gasteiger partial charge on any atom is -0.381 e. The molecule has 0 aromatic rings. The Morgan fingerprint density at radius 3 is 2.75 bits per heavy atom. The van der Waals surface area contributed by atoms with Crippen molar-refractivity contribution in [3.8, 4) is 0 Å². The number of nitrogens with two attached hydrogens (primary N) is 1. The Bertz CT molecular complexity index is 203. The van der Waals surface area contributed by atoms with E-state index in [0.717, 1.165) is 45.4 Å². The van der Waals surface area contributed by atoms with Crippen molar-refractivity contribution in [1.82, 2.24) is 5.32 Å². The van der Waals surface area contributed by atoms with Gasteiger partial charge in [-0.15, -0.1) is 0 Å². The van der Waals surface area contributed by atoms with Gasteiger partial charge in [0.25, 0.3) is 0 Å². The minimum atomic E-state index is -0.356. The van der Waals surface area contributed by atoms with Crippen molar-refractivity contribution < 1.29 is 9.53 Å². The predicted octanol–water partition coefficient (Wildman–Crippen LogP) is 1.05. The number of nitrogens with one attached hydrogen (secondary N) is 1. The molecule has 1 atom stereocenters. The Morgan fingerprint density at radius 1 is 1.44 bits per heavy atom. The lowest BCUT2D eigenvalue weighted by atomic mass is 9.92. The second-order valence-corrected chi connectivity index (χ2v) is 4.47. The number of carbonyl (C=O) groups excluding carboxylic acids is 1. The summed E-state index contributed by atoms with van der Waals surface area (Å²) in [6.45, 7) is 4.38. The molecule has 1 aliphatic heterocycles. The molecular weight excluding hydrogens is 204 g/mol. The fourth-order valence-electron chi connectivity index (χ4n) is 1.99. The summed E-state index contributed by atoms with van der Waals surface area (Å²) in [4.78, 5) is 11.7. The van der Waals surface area contributed by atoms with Gasteiger partial charge in [-0.25, -0.2) is 0 Å². The first-order valence-electron chi connectivity index (χ1n) is 6.36. The maximum absolute atomic E-state index is 11.7. The van der Waals surface area contributed by atoms with E-state index >= 15 is 0 Å². The summed E-state index contributed by atoms with van der Waals surface area (Å²) in [5.41, 5.74) is 5.94. The molecule has 1 aliphatic rings. The highest BCUT2D eigenvalue weighted by Crippen LogP contribution is 2.17. The summed E-state index contributed by atoms with van der Waals surface area (Å²) < 4.78 is 5.26. The van der Waals surface area contributed by atoms with E-state index < -0.39 is 0 Å². The van der Waals surface area contributed by atoms with Gasteiger partial charge in [0.15, 0.2) is 0 Å². The van der Waals surface area contributed by atoms with E-state index in [1.165, 1.54) is 6.42 Å². The van der Waals surface area contributed by atoms with E-state index in [4.69, 9.17) is 10.5 Å². The molecule has 1 heterocycles. The van der Waals surface area contributed by atoms with Gasteiger partial charge in [0, 0.05) is 19.8 Å². The predicted molar refractivity (Wildman–Crippen MR) is 64.1 cm³/mol. The first-order chi connectivity index (χ1) is 7.75. The lowest BCUT2D eigenvalue weighted by molar-refractivity contribution is -0.124. The van der Waals surface area contributed by atoms with Gasteiger partial charge >= 0.3 is 0 Å². The smallest absolute Gasteiger partial charge is 0.237 e. The maximum Gasteiger partial charge on any atom is 0.237 e. The average molecular weight is 228 g/mol. The zero-order valence-electron chi connectivity index (χ0n) is 10.2. The van der Waals surface area contributed by atoms with E-state index in [1.54, 1.807) is 0 Å². The van der Waals surface area contributed by atoms with Crippen molar-refractivity contribution in [2.45, 2.75) is 45.1 Å². The van der Waals surface area contributed by atoms with Crippen LogP contribution in [0.4, 0.5) is 0 Å². The minimum absolute atomic E-state index is 0.00278. The maximum atomic E-state index is 11.7. The molecule has 0 radical (unpaired) electrons. The van der Waals surface area contributed by atoms with Gasteiger partial charge in [0.1, 0.15) is 0 Å². The van der Waals surface area contributed by atoms with E-state index in [1.807, 2.05) is 0 Å². The number of unbranched alkanes of at least 4 members (excludes halogenated alkanes) is 2. The van der Waals surface area contributed by atoms with Crippen LogP contribution in [-0.4, -0.2) is 31.7 Å². The molecule has 1 unspecified atom stereocenters. The summed E-state index contributed by atoms with van der Waals surface area (Å²) in [7, 11) is 0. The number of hydrogen-bond acceptors (Lipinski definition) is 3. The molecule has 4 nitrogen and oxygen atoms in total. The van der Waals surface area contributed by atoms with Crippen molar-refractivity contribution in [2.75, 3.05) is 19.8 Å². The Kier molecular flexibility index (Phi) is 6.42. The van der Waals surface area contributed by atoms with Crippen molar-refractivity contribution in [3.63, 3.8) is 0 Å². The van der Waals surface area contributed by atoms with Crippen LogP contribution in [0.15, 0.2) is 0 Å². The van der Waals surface area contributed by atoms with Crippen molar-refractivity contribution >= 4 is 5.91 Å². The number of rotatable bonds is 6. The van der Waals surface area contributed by atoms with E-state index in [-0.39, 0.29) is 11.9 Å². The molecule has 3 N–H and O–H groups in total. The molecule has 0 spiro atoms. The third-order valence-corrected chi connectivity index (χ3v) is 3.16. The zero-order chi connectivity index (χ0) is 11.8. The van der Waals surface area contributed by atoms with Crippen LogP contribution in [0, 0.1) is 5.92 Å². The van der Waals surface area contributed by atoms with Crippen molar-refractivity contribution in [3.05, 3.63) is 0 Å². The molecule has 0 saturated carbocycles. The lowest BCUT2D eigenvalue weighted by Gasteiger charge is -2.26. The standard InChI is InChI=1S/C12H24N2O2/c1-2-3-4-7-14-12(15)11(13)10-5-8-16-9-6-10/h10-11H,2-9,13H2,1H3,(H,14,15). The van der Waals surface area contributed by atoms with Gasteiger partial charge in [-0.1, -0.05) is 19.8 Å². The third-order valence-electron chi connectivity index (χ3n) is 3.16. The van der Waals surface area contributed by atoms with Crippen LogP contribution in [0.5, 0.6) is 0 Å². The quantitative estimate of drug-likeness (QED) is 0.668. The summed E-state index contributed by atoms with van der Waals surface area (Å²) in [5.74, 6) is 0.294. The molecule has 1 amide bonds. The Balaban J connectivity index is 2.18. The summed E-state index contributed by atoms with van der Waals surface area (Å²) in [5, 5.41) is 2.91. The topological polar surface area (TPSA) is 64.4 Å². The second-order valence-electron chi connectivity index (χ2n) is 4.47. The molecule has 94 valence electrons. The van der Waals surface area contributed by atoms with E-state index in [9.17, 15) is 4.79 Å². The number of ether oxygens (including phenoxy) is 1. The SMILES string of the molecule is CCCCCNC(=O)C(N)C1CCOCC1. The van der Waals surface area contributed by atoms with Crippen LogP contribution in [0.25, 0.3) is 0 Å². The second kappa shape index (κ2) is 7.63. The van der Waals surface area contributed by atoms with E-state index in [2.05, 4.69) is 12.2 Å². The van der Waals surface area contributed by atoms with Crippen LogP contribution in [-0.2, 0) is 9.53 Å². The summed E-state index contributed by atoms with van der Waals surface area (Å²) in [6.07, 6.45) is 5.19. The lowest BCUT2D eigenvalue weighted by Crippen LogP contribution is -2.47. The van der Waals surface area contributed by atoms with Gasteiger partial charge in [-0.3, -0.25) is 4.79 Å². The zero-order valence-corrected chi connectivity index (χ0v) is 10.2. The molecule has 1 rings (SSSR count). The average Bonchev–Trinajstić information content (AvgIpc) is 2.34. The van der Waals surface area contributed by atoms with Gasteiger partial charge in [-0.05, 0) is 25.2 Å². The first-order valence-corrected chi connectivity index (χ1v) is 6.36.